The number of hydrogen-bond donors (Lipinski definition) is 1. The molecule has 0 aliphatic heterocycles. The molecule has 1 fully saturated rings. The Labute approximate surface area is 127 Å². The standard InChI is InChI=1S/C15H18FNO3S/c16-13-5-3-12(4-6-13)9-21-10-14(18)17(8-15(19)20)7-11-1-2-11/h3-6,11H,1-2,7-10H2,(H,19,20). The summed E-state index contributed by atoms with van der Waals surface area (Å²) in [6, 6.07) is 6.15. The first-order valence-corrected chi connectivity index (χ1v) is 8.02. The van der Waals surface area contributed by atoms with Crippen LogP contribution in [0.5, 0.6) is 0 Å². The predicted octanol–water partition coefficient (Wildman–Crippen LogP) is 2.38. The average Bonchev–Trinajstić information content (AvgIpc) is 3.23. The Morgan fingerprint density at radius 1 is 1.29 bits per heavy atom. The second kappa shape index (κ2) is 7.45. The number of hydrogen-bond acceptors (Lipinski definition) is 3. The quantitative estimate of drug-likeness (QED) is 0.801. The fourth-order valence-electron chi connectivity index (χ4n) is 1.96. The molecule has 4 nitrogen and oxygen atoms in total. The minimum Gasteiger partial charge on any atom is -0.480 e. The first-order valence-electron chi connectivity index (χ1n) is 6.86. The summed E-state index contributed by atoms with van der Waals surface area (Å²) in [6.07, 6.45) is 2.15. The fraction of sp³-hybridized carbons (Fsp3) is 0.467. The second-order valence-corrected chi connectivity index (χ2v) is 6.22. The summed E-state index contributed by atoms with van der Waals surface area (Å²) in [5.74, 6) is -0.0791. The van der Waals surface area contributed by atoms with Gasteiger partial charge in [-0.3, -0.25) is 9.59 Å². The van der Waals surface area contributed by atoms with Crippen LogP contribution in [-0.2, 0) is 15.3 Å². The van der Waals surface area contributed by atoms with E-state index in [4.69, 9.17) is 5.11 Å². The Kier molecular flexibility index (Phi) is 5.61. The summed E-state index contributed by atoms with van der Waals surface area (Å²) in [4.78, 5) is 24.3. The van der Waals surface area contributed by atoms with Crippen LogP contribution in [0.4, 0.5) is 4.39 Å². The highest BCUT2D eigenvalue weighted by Gasteiger charge is 2.27. The van der Waals surface area contributed by atoms with Gasteiger partial charge in [-0.25, -0.2) is 4.39 Å². The Morgan fingerprint density at radius 3 is 2.52 bits per heavy atom. The van der Waals surface area contributed by atoms with E-state index < -0.39 is 5.97 Å². The highest BCUT2D eigenvalue weighted by atomic mass is 32.2. The number of aliphatic carboxylic acids is 1. The van der Waals surface area contributed by atoms with Crippen LogP contribution in [0.2, 0.25) is 0 Å². The molecular formula is C15H18FNO3S. The molecule has 0 saturated heterocycles. The van der Waals surface area contributed by atoms with E-state index in [0.29, 0.717) is 18.2 Å². The molecule has 2 rings (SSSR count). The Hall–Kier alpha value is -1.56. The van der Waals surface area contributed by atoms with E-state index in [9.17, 15) is 14.0 Å². The number of rotatable bonds is 8. The molecule has 114 valence electrons. The van der Waals surface area contributed by atoms with Gasteiger partial charge >= 0.3 is 5.97 Å². The monoisotopic (exact) mass is 311 g/mol. The van der Waals surface area contributed by atoms with Gasteiger partial charge in [0.05, 0.1) is 5.75 Å². The van der Waals surface area contributed by atoms with Gasteiger partial charge in [-0.2, -0.15) is 0 Å². The van der Waals surface area contributed by atoms with Gasteiger partial charge in [0.2, 0.25) is 5.91 Å². The van der Waals surface area contributed by atoms with Gasteiger partial charge in [0.1, 0.15) is 12.4 Å². The average molecular weight is 311 g/mol. The summed E-state index contributed by atoms with van der Waals surface area (Å²) in [6.45, 7) is 0.314. The van der Waals surface area contributed by atoms with Crippen LogP contribution in [0.3, 0.4) is 0 Å². The first-order chi connectivity index (χ1) is 10.0. The molecule has 1 aromatic carbocycles. The third-order valence-electron chi connectivity index (χ3n) is 3.26. The number of benzene rings is 1. The summed E-state index contributed by atoms with van der Waals surface area (Å²) in [5.41, 5.74) is 0.946. The van der Waals surface area contributed by atoms with Crippen LogP contribution in [0, 0.1) is 11.7 Å². The lowest BCUT2D eigenvalue weighted by Crippen LogP contribution is -2.38. The van der Waals surface area contributed by atoms with Crippen LogP contribution in [0.15, 0.2) is 24.3 Å². The van der Waals surface area contributed by atoms with Crippen LogP contribution < -0.4 is 0 Å². The largest absolute Gasteiger partial charge is 0.480 e. The maximum absolute atomic E-state index is 12.8. The maximum Gasteiger partial charge on any atom is 0.323 e. The third kappa shape index (κ3) is 5.75. The zero-order chi connectivity index (χ0) is 15.2. The van der Waals surface area contributed by atoms with Crippen molar-refractivity contribution in [1.82, 2.24) is 4.90 Å². The van der Waals surface area contributed by atoms with Crippen molar-refractivity contribution in [2.75, 3.05) is 18.8 Å². The third-order valence-corrected chi connectivity index (χ3v) is 4.25. The highest BCUT2D eigenvalue weighted by molar-refractivity contribution is 7.99. The van der Waals surface area contributed by atoms with Crippen molar-refractivity contribution in [2.24, 2.45) is 5.92 Å². The van der Waals surface area contributed by atoms with Gasteiger partial charge in [-0.15, -0.1) is 11.8 Å². The lowest BCUT2D eigenvalue weighted by Gasteiger charge is -2.20. The summed E-state index contributed by atoms with van der Waals surface area (Å²) in [7, 11) is 0. The summed E-state index contributed by atoms with van der Waals surface area (Å²) < 4.78 is 12.8. The minimum absolute atomic E-state index is 0.142. The Balaban J connectivity index is 1.77. The molecule has 1 aromatic rings. The zero-order valence-electron chi connectivity index (χ0n) is 11.6. The Bertz CT molecular complexity index is 502. The molecule has 0 unspecified atom stereocenters. The van der Waals surface area contributed by atoms with Crippen LogP contribution in [0.1, 0.15) is 18.4 Å². The number of carbonyl (C=O) groups excluding carboxylic acids is 1. The lowest BCUT2D eigenvalue weighted by atomic mass is 10.2. The van der Waals surface area contributed by atoms with Crippen LogP contribution >= 0.6 is 11.8 Å². The smallest absolute Gasteiger partial charge is 0.323 e. The minimum atomic E-state index is -0.979. The summed E-state index contributed by atoms with van der Waals surface area (Å²) >= 11 is 1.42. The molecule has 0 radical (unpaired) electrons. The molecule has 1 N–H and O–H groups in total. The number of carboxylic acid groups (broad SMARTS) is 1. The van der Waals surface area contributed by atoms with Crippen molar-refractivity contribution < 1.29 is 19.1 Å². The van der Waals surface area contributed by atoms with E-state index in [0.717, 1.165) is 18.4 Å². The zero-order valence-corrected chi connectivity index (χ0v) is 12.4. The highest BCUT2D eigenvalue weighted by Crippen LogP contribution is 2.29. The van der Waals surface area contributed by atoms with Crippen LogP contribution in [0.25, 0.3) is 0 Å². The topological polar surface area (TPSA) is 57.6 Å². The van der Waals surface area contributed by atoms with E-state index in [-0.39, 0.29) is 24.0 Å². The van der Waals surface area contributed by atoms with E-state index in [1.165, 1.54) is 28.8 Å². The van der Waals surface area contributed by atoms with E-state index in [1.54, 1.807) is 12.1 Å². The number of thioether (sulfide) groups is 1. The number of amides is 1. The van der Waals surface area contributed by atoms with E-state index in [2.05, 4.69) is 0 Å². The SMILES string of the molecule is O=C(O)CN(CC1CC1)C(=O)CSCc1ccc(F)cc1. The van der Waals surface area contributed by atoms with Crippen LogP contribution in [-0.4, -0.2) is 40.7 Å². The van der Waals surface area contributed by atoms with E-state index >= 15 is 0 Å². The van der Waals surface area contributed by atoms with Gasteiger partial charge in [0.15, 0.2) is 0 Å². The maximum atomic E-state index is 12.8. The van der Waals surface area contributed by atoms with Gasteiger partial charge in [0.25, 0.3) is 0 Å². The van der Waals surface area contributed by atoms with Crippen molar-refractivity contribution in [2.45, 2.75) is 18.6 Å². The molecule has 0 atom stereocenters. The Morgan fingerprint density at radius 2 is 1.95 bits per heavy atom. The van der Waals surface area contributed by atoms with E-state index in [1.807, 2.05) is 0 Å². The molecule has 0 aromatic heterocycles. The fourth-order valence-corrected chi connectivity index (χ4v) is 2.85. The molecule has 1 saturated carbocycles. The number of carbonyl (C=O) groups is 2. The predicted molar refractivity (Wildman–Crippen MR) is 79.5 cm³/mol. The van der Waals surface area contributed by atoms with Crippen molar-refractivity contribution >= 4 is 23.6 Å². The van der Waals surface area contributed by atoms with Gasteiger partial charge in [0, 0.05) is 12.3 Å². The van der Waals surface area contributed by atoms with Gasteiger partial charge in [-0.05, 0) is 36.5 Å². The molecule has 1 aliphatic rings. The number of nitrogens with zero attached hydrogens (tertiary/aromatic N) is 1. The number of carboxylic acids is 1. The molecule has 1 aliphatic carbocycles. The molecule has 0 spiro atoms. The van der Waals surface area contributed by atoms with Gasteiger partial charge < -0.3 is 10.0 Å². The second-order valence-electron chi connectivity index (χ2n) is 5.23. The van der Waals surface area contributed by atoms with Crippen molar-refractivity contribution in [3.63, 3.8) is 0 Å². The lowest BCUT2D eigenvalue weighted by molar-refractivity contribution is -0.143. The number of halogens is 1. The molecule has 21 heavy (non-hydrogen) atoms. The molecule has 6 heteroatoms. The molecule has 1 amide bonds. The first kappa shape index (κ1) is 15.8. The van der Waals surface area contributed by atoms with Crippen molar-refractivity contribution in [1.29, 1.82) is 0 Å². The normalized spacial score (nSPS) is 14.0. The van der Waals surface area contributed by atoms with Crippen molar-refractivity contribution in [3.8, 4) is 0 Å². The molecule has 0 bridgehead atoms. The van der Waals surface area contributed by atoms with Crippen molar-refractivity contribution in [3.05, 3.63) is 35.6 Å². The summed E-state index contributed by atoms with van der Waals surface area (Å²) in [5, 5.41) is 8.86. The molecule has 0 heterocycles. The van der Waals surface area contributed by atoms with Gasteiger partial charge in [-0.1, -0.05) is 12.1 Å². The molecular weight excluding hydrogens is 293 g/mol.